The van der Waals surface area contributed by atoms with Gasteiger partial charge in [0.05, 0.1) is 13.0 Å². The lowest BCUT2D eigenvalue weighted by atomic mass is 9.65. The largest absolute Gasteiger partial charge is 0.493 e. The maximum absolute atomic E-state index is 12.9. The topological polar surface area (TPSA) is 55.8 Å². The third-order valence-corrected chi connectivity index (χ3v) is 6.67. The zero-order valence-electron chi connectivity index (χ0n) is 20.1. The van der Waals surface area contributed by atoms with Gasteiger partial charge in [-0.2, -0.15) is 0 Å². The first kappa shape index (κ1) is 24.1. The molecule has 0 aliphatic carbocycles. The van der Waals surface area contributed by atoms with E-state index in [1.54, 1.807) is 7.11 Å². The number of aliphatic carboxylic acids is 1. The summed E-state index contributed by atoms with van der Waals surface area (Å²) >= 11 is 0. The summed E-state index contributed by atoms with van der Waals surface area (Å²) in [5.74, 6) is -0.451. The Labute approximate surface area is 206 Å². The summed E-state index contributed by atoms with van der Waals surface area (Å²) < 4.78 is 11.8. The van der Waals surface area contributed by atoms with Crippen molar-refractivity contribution in [2.75, 3.05) is 7.11 Å². The molecule has 35 heavy (non-hydrogen) atoms. The molecule has 1 atom stereocenters. The Morgan fingerprint density at radius 3 is 1.86 bits per heavy atom. The summed E-state index contributed by atoms with van der Waals surface area (Å²) in [4.78, 5) is 12.9. The van der Waals surface area contributed by atoms with Gasteiger partial charge in [-0.25, -0.2) is 0 Å². The van der Waals surface area contributed by atoms with Gasteiger partial charge >= 0.3 is 5.97 Å². The molecule has 0 aromatic heterocycles. The smallest absolute Gasteiger partial charge is 0.308 e. The molecule has 4 rings (SSSR count). The number of hydrogen-bond acceptors (Lipinski definition) is 3. The molecule has 0 amide bonds. The normalized spacial score (nSPS) is 12.1. The van der Waals surface area contributed by atoms with Gasteiger partial charge in [-0.05, 0) is 34.7 Å². The van der Waals surface area contributed by atoms with Crippen molar-refractivity contribution in [1.82, 2.24) is 0 Å². The first-order chi connectivity index (χ1) is 17.0. The summed E-state index contributed by atoms with van der Waals surface area (Å²) in [5, 5.41) is 10.5. The molecule has 0 aliphatic heterocycles. The highest BCUT2D eigenvalue weighted by atomic mass is 16.5. The standard InChI is InChI=1S/C31H30O4/c1-31(25-16-8-4-9-17-25,26-18-10-5-11-19-26)27(30(32)33)21-24-15-12-20-28(34-2)29(24)35-22-23-13-6-3-7-14-23/h3-20,27H,21-22H2,1-2H3,(H,32,33). The van der Waals surface area contributed by atoms with Crippen molar-refractivity contribution < 1.29 is 19.4 Å². The maximum Gasteiger partial charge on any atom is 0.308 e. The van der Waals surface area contributed by atoms with Gasteiger partial charge in [0.2, 0.25) is 0 Å². The number of methoxy groups -OCH3 is 1. The lowest BCUT2D eigenvalue weighted by Crippen LogP contribution is -2.40. The number of carbonyl (C=O) groups is 1. The van der Waals surface area contributed by atoms with Crippen LogP contribution < -0.4 is 9.47 Å². The molecule has 4 aromatic carbocycles. The Hall–Kier alpha value is -4.05. The molecule has 0 radical (unpaired) electrons. The lowest BCUT2D eigenvalue weighted by molar-refractivity contribution is -0.143. The van der Waals surface area contributed by atoms with Crippen molar-refractivity contribution in [2.45, 2.75) is 25.4 Å². The Morgan fingerprint density at radius 2 is 1.34 bits per heavy atom. The van der Waals surface area contributed by atoms with E-state index in [4.69, 9.17) is 9.47 Å². The summed E-state index contributed by atoms with van der Waals surface area (Å²) in [7, 11) is 1.60. The molecule has 1 N–H and O–H groups in total. The third kappa shape index (κ3) is 5.22. The first-order valence-corrected chi connectivity index (χ1v) is 11.7. The molecule has 0 fully saturated rings. The van der Waals surface area contributed by atoms with Crippen LogP contribution in [-0.2, 0) is 23.2 Å². The van der Waals surface area contributed by atoms with E-state index >= 15 is 0 Å². The zero-order valence-corrected chi connectivity index (χ0v) is 20.1. The van der Waals surface area contributed by atoms with Crippen molar-refractivity contribution in [3.8, 4) is 11.5 Å². The van der Waals surface area contributed by atoms with Crippen LogP contribution in [0, 0.1) is 5.92 Å². The highest BCUT2D eigenvalue weighted by Crippen LogP contribution is 2.43. The van der Waals surface area contributed by atoms with Crippen LogP contribution in [-0.4, -0.2) is 18.2 Å². The van der Waals surface area contributed by atoms with Gasteiger partial charge < -0.3 is 14.6 Å². The summed E-state index contributed by atoms with van der Waals surface area (Å²) in [6.07, 6.45) is 0.275. The lowest BCUT2D eigenvalue weighted by Gasteiger charge is -2.37. The Bertz CT molecular complexity index is 1200. The summed E-state index contributed by atoms with van der Waals surface area (Å²) in [6.45, 7) is 2.38. The molecule has 4 heteroatoms. The molecular formula is C31H30O4. The molecular weight excluding hydrogens is 436 g/mol. The number of carboxylic acids is 1. The Morgan fingerprint density at radius 1 is 0.800 bits per heavy atom. The Balaban J connectivity index is 1.76. The van der Waals surface area contributed by atoms with Gasteiger partial charge in [-0.3, -0.25) is 4.79 Å². The van der Waals surface area contributed by atoms with Crippen molar-refractivity contribution in [3.63, 3.8) is 0 Å². The second-order valence-corrected chi connectivity index (χ2v) is 8.75. The van der Waals surface area contributed by atoms with Crippen LogP contribution in [0.4, 0.5) is 0 Å². The van der Waals surface area contributed by atoms with Crippen LogP contribution in [0.2, 0.25) is 0 Å². The molecule has 0 saturated heterocycles. The van der Waals surface area contributed by atoms with Crippen LogP contribution in [0.1, 0.15) is 29.2 Å². The van der Waals surface area contributed by atoms with Gasteiger partial charge in [0.25, 0.3) is 0 Å². The van der Waals surface area contributed by atoms with Crippen LogP contribution in [0.3, 0.4) is 0 Å². The van der Waals surface area contributed by atoms with Crippen LogP contribution in [0.5, 0.6) is 11.5 Å². The van der Waals surface area contributed by atoms with E-state index in [-0.39, 0.29) is 6.42 Å². The quantitative estimate of drug-likeness (QED) is 0.289. The highest BCUT2D eigenvalue weighted by molar-refractivity contribution is 5.75. The summed E-state index contributed by atoms with van der Waals surface area (Å²) in [5.41, 5.74) is 2.96. The molecule has 178 valence electrons. The van der Waals surface area contributed by atoms with Gasteiger partial charge in [0.1, 0.15) is 6.61 Å². The summed E-state index contributed by atoms with van der Waals surface area (Å²) in [6, 6.07) is 35.2. The zero-order chi connectivity index (χ0) is 24.7. The molecule has 0 heterocycles. The number of ether oxygens (including phenoxy) is 2. The fraction of sp³-hybridized carbons (Fsp3) is 0.194. The van der Waals surface area contributed by atoms with E-state index in [1.807, 2.05) is 116 Å². The van der Waals surface area contributed by atoms with Crippen LogP contribution >= 0.6 is 0 Å². The second-order valence-electron chi connectivity index (χ2n) is 8.75. The molecule has 0 bridgehead atoms. The van der Waals surface area contributed by atoms with Crippen molar-refractivity contribution in [2.24, 2.45) is 5.92 Å². The number of rotatable bonds is 10. The number of hydrogen-bond donors (Lipinski definition) is 1. The van der Waals surface area contributed by atoms with Crippen molar-refractivity contribution in [1.29, 1.82) is 0 Å². The fourth-order valence-corrected chi connectivity index (χ4v) is 4.67. The van der Waals surface area contributed by atoms with Crippen molar-refractivity contribution >= 4 is 5.97 Å². The Kier molecular flexibility index (Phi) is 7.51. The van der Waals surface area contributed by atoms with Gasteiger partial charge in [-0.1, -0.05) is 110 Å². The van der Waals surface area contributed by atoms with E-state index in [1.165, 1.54) is 0 Å². The number of benzene rings is 4. The predicted molar refractivity (Wildman–Crippen MR) is 138 cm³/mol. The minimum absolute atomic E-state index is 0.275. The second kappa shape index (κ2) is 10.9. The fourth-order valence-electron chi connectivity index (χ4n) is 4.67. The SMILES string of the molecule is COc1cccc(CC(C(=O)O)C(C)(c2ccccc2)c2ccccc2)c1OCc1ccccc1. The molecule has 1 unspecified atom stereocenters. The molecule has 0 spiro atoms. The van der Waals surface area contributed by atoms with Crippen LogP contribution in [0.15, 0.2) is 109 Å². The number of carboxylic acid groups (broad SMARTS) is 1. The molecule has 4 aromatic rings. The monoisotopic (exact) mass is 466 g/mol. The first-order valence-electron chi connectivity index (χ1n) is 11.7. The van der Waals surface area contributed by atoms with E-state index in [0.29, 0.717) is 18.1 Å². The minimum atomic E-state index is -0.864. The minimum Gasteiger partial charge on any atom is -0.493 e. The predicted octanol–water partition coefficient (Wildman–Crippen LogP) is 6.52. The van der Waals surface area contributed by atoms with Crippen LogP contribution in [0.25, 0.3) is 0 Å². The van der Waals surface area contributed by atoms with E-state index in [2.05, 4.69) is 0 Å². The van der Waals surface area contributed by atoms with Gasteiger partial charge in [0, 0.05) is 5.41 Å². The number of para-hydroxylation sites is 1. The average molecular weight is 467 g/mol. The average Bonchev–Trinajstić information content (AvgIpc) is 2.91. The highest BCUT2D eigenvalue weighted by Gasteiger charge is 2.42. The molecule has 4 nitrogen and oxygen atoms in total. The van der Waals surface area contributed by atoms with Gasteiger partial charge in [0.15, 0.2) is 11.5 Å². The molecule has 0 aliphatic rings. The van der Waals surface area contributed by atoms with E-state index in [0.717, 1.165) is 22.3 Å². The van der Waals surface area contributed by atoms with Gasteiger partial charge in [-0.15, -0.1) is 0 Å². The molecule has 0 saturated carbocycles. The third-order valence-electron chi connectivity index (χ3n) is 6.67. The van der Waals surface area contributed by atoms with Crippen molar-refractivity contribution in [3.05, 3.63) is 131 Å². The van der Waals surface area contributed by atoms with E-state index in [9.17, 15) is 9.90 Å². The maximum atomic E-state index is 12.9. The van der Waals surface area contributed by atoms with E-state index < -0.39 is 17.3 Å².